The molecule has 6 heteroatoms. The summed E-state index contributed by atoms with van der Waals surface area (Å²) in [4.78, 5) is 27.0. The molecule has 0 bridgehead atoms. The van der Waals surface area contributed by atoms with Gasteiger partial charge in [-0.05, 0) is 29.8 Å². The first-order valence-electron chi connectivity index (χ1n) is 6.24. The van der Waals surface area contributed by atoms with Crippen molar-refractivity contribution in [1.82, 2.24) is 10.3 Å². The number of hydrogen-bond acceptors (Lipinski definition) is 3. The van der Waals surface area contributed by atoms with Gasteiger partial charge in [0, 0.05) is 24.4 Å². The quantitative estimate of drug-likeness (QED) is 0.876. The van der Waals surface area contributed by atoms with Gasteiger partial charge in [-0.25, -0.2) is 9.18 Å². The number of hydrogen-bond donors (Lipinski definition) is 2. The number of rotatable bonds is 5. The molecule has 0 unspecified atom stereocenters. The number of aliphatic carboxylic acids is 1. The summed E-state index contributed by atoms with van der Waals surface area (Å²) >= 11 is 0. The molecule has 2 N–H and O–H groups in total. The summed E-state index contributed by atoms with van der Waals surface area (Å²) in [5.74, 6) is -2.04. The monoisotopic (exact) mass is 288 g/mol. The van der Waals surface area contributed by atoms with Crippen LogP contribution in [-0.2, 0) is 11.2 Å². The normalized spacial score (nSPS) is 11.7. The second-order valence-corrected chi connectivity index (χ2v) is 4.43. The van der Waals surface area contributed by atoms with E-state index in [1.165, 1.54) is 48.8 Å². The molecular weight excluding hydrogens is 275 g/mol. The first kappa shape index (κ1) is 14.6. The zero-order valence-corrected chi connectivity index (χ0v) is 11.0. The maximum atomic E-state index is 12.8. The molecule has 5 nitrogen and oxygen atoms in total. The molecule has 1 aromatic heterocycles. The lowest BCUT2D eigenvalue weighted by atomic mass is 10.1. The number of benzene rings is 1. The van der Waals surface area contributed by atoms with Crippen LogP contribution in [0, 0.1) is 5.82 Å². The van der Waals surface area contributed by atoms with Gasteiger partial charge in [0.25, 0.3) is 5.91 Å². The number of aromatic nitrogens is 1. The Bertz CT molecular complexity index is 629. The summed E-state index contributed by atoms with van der Waals surface area (Å²) < 4.78 is 12.8. The Morgan fingerprint density at radius 1 is 1.14 bits per heavy atom. The molecule has 1 aromatic carbocycles. The van der Waals surface area contributed by atoms with Gasteiger partial charge in [0.05, 0.1) is 0 Å². The molecule has 1 amide bonds. The van der Waals surface area contributed by atoms with Gasteiger partial charge in [0.2, 0.25) is 0 Å². The van der Waals surface area contributed by atoms with Crippen molar-refractivity contribution in [1.29, 1.82) is 0 Å². The van der Waals surface area contributed by atoms with Crippen LogP contribution in [0.2, 0.25) is 0 Å². The molecule has 0 fully saturated rings. The van der Waals surface area contributed by atoms with E-state index in [2.05, 4.69) is 10.3 Å². The predicted molar refractivity (Wildman–Crippen MR) is 73.2 cm³/mol. The van der Waals surface area contributed by atoms with Crippen molar-refractivity contribution in [3.05, 3.63) is 65.7 Å². The zero-order chi connectivity index (χ0) is 15.2. The van der Waals surface area contributed by atoms with E-state index in [-0.39, 0.29) is 6.42 Å². The molecule has 0 aliphatic carbocycles. The van der Waals surface area contributed by atoms with Crippen LogP contribution in [0.15, 0.2) is 48.8 Å². The minimum atomic E-state index is -1.15. The number of carboxylic acids is 1. The van der Waals surface area contributed by atoms with Crippen molar-refractivity contribution in [3.8, 4) is 0 Å². The molecule has 0 saturated carbocycles. The van der Waals surface area contributed by atoms with Gasteiger partial charge in [-0.2, -0.15) is 0 Å². The smallest absolute Gasteiger partial charge is 0.326 e. The number of carbonyl (C=O) groups is 2. The summed E-state index contributed by atoms with van der Waals surface area (Å²) in [5.41, 5.74) is 0.953. The number of pyridine rings is 1. The lowest BCUT2D eigenvalue weighted by Crippen LogP contribution is -2.42. The molecular formula is C15H13FN2O3. The highest BCUT2D eigenvalue weighted by molar-refractivity contribution is 5.96. The summed E-state index contributed by atoms with van der Waals surface area (Å²) in [6, 6.07) is 7.38. The molecule has 2 aromatic rings. The van der Waals surface area contributed by atoms with Gasteiger partial charge in [0.1, 0.15) is 11.9 Å². The summed E-state index contributed by atoms with van der Waals surface area (Å²) in [6.45, 7) is 0. The highest BCUT2D eigenvalue weighted by Crippen LogP contribution is 2.07. The number of nitrogens with zero attached hydrogens (tertiary/aromatic N) is 1. The minimum absolute atomic E-state index is 0.0758. The Kier molecular flexibility index (Phi) is 4.61. The van der Waals surface area contributed by atoms with E-state index in [9.17, 15) is 19.1 Å². The fourth-order valence-electron chi connectivity index (χ4n) is 1.80. The van der Waals surface area contributed by atoms with Crippen LogP contribution in [0.4, 0.5) is 4.39 Å². The molecule has 0 aliphatic rings. The van der Waals surface area contributed by atoms with Crippen LogP contribution in [0.1, 0.15) is 15.9 Å². The van der Waals surface area contributed by atoms with Crippen LogP contribution >= 0.6 is 0 Å². The van der Waals surface area contributed by atoms with Crippen molar-refractivity contribution in [3.63, 3.8) is 0 Å². The molecule has 2 rings (SSSR count). The highest BCUT2D eigenvalue weighted by Gasteiger charge is 2.21. The third-order valence-electron chi connectivity index (χ3n) is 2.90. The second kappa shape index (κ2) is 6.60. The van der Waals surface area contributed by atoms with Crippen LogP contribution in [0.3, 0.4) is 0 Å². The Balaban J connectivity index is 2.07. The molecule has 21 heavy (non-hydrogen) atoms. The molecule has 1 heterocycles. The molecule has 1 atom stereocenters. The topological polar surface area (TPSA) is 79.3 Å². The van der Waals surface area contributed by atoms with E-state index in [0.717, 1.165) is 0 Å². The van der Waals surface area contributed by atoms with E-state index in [4.69, 9.17) is 0 Å². The van der Waals surface area contributed by atoms with Crippen LogP contribution < -0.4 is 5.32 Å². The highest BCUT2D eigenvalue weighted by atomic mass is 19.1. The average molecular weight is 288 g/mol. The maximum absolute atomic E-state index is 12.8. The first-order valence-corrected chi connectivity index (χ1v) is 6.24. The number of carboxylic acid groups (broad SMARTS) is 1. The Labute approximate surface area is 120 Å². The van der Waals surface area contributed by atoms with Gasteiger partial charge in [-0.1, -0.05) is 12.1 Å². The summed E-state index contributed by atoms with van der Waals surface area (Å²) in [5, 5.41) is 11.6. The van der Waals surface area contributed by atoms with Gasteiger partial charge >= 0.3 is 5.97 Å². The van der Waals surface area contributed by atoms with Crippen LogP contribution in [0.25, 0.3) is 0 Å². The van der Waals surface area contributed by atoms with E-state index in [1.54, 1.807) is 0 Å². The molecule has 0 aliphatic heterocycles. The van der Waals surface area contributed by atoms with Gasteiger partial charge in [0.15, 0.2) is 0 Å². The molecule has 0 spiro atoms. The van der Waals surface area contributed by atoms with Crippen LogP contribution in [-0.4, -0.2) is 28.0 Å². The van der Waals surface area contributed by atoms with Gasteiger partial charge in [-0.3, -0.25) is 9.78 Å². The number of nitrogens with one attached hydrogen (secondary N) is 1. The zero-order valence-electron chi connectivity index (χ0n) is 11.0. The first-order chi connectivity index (χ1) is 10.1. The largest absolute Gasteiger partial charge is 0.480 e. The maximum Gasteiger partial charge on any atom is 0.326 e. The van der Waals surface area contributed by atoms with E-state index in [1.807, 2.05) is 0 Å². The number of halogens is 1. The minimum Gasteiger partial charge on any atom is -0.480 e. The van der Waals surface area contributed by atoms with E-state index >= 15 is 0 Å². The summed E-state index contributed by atoms with van der Waals surface area (Å²) in [7, 11) is 0. The third-order valence-corrected chi connectivity index (χ3v) is 2.90. The van der Waals surface area contributed by atoms with Crippen LogP contribution in [0.5, 0.6) is 0 Å². The lowest BCUT2D eigenvalue weighted by Gasteiger charge is -2.14. The van der Waals surface area contributed by atoms with Crippen molar-refractivity contribution in [2.75, 3.05) is 0 Å². The van der Waals surface area contributed by atoms with Gasteiger partial charge < -0.3 is 10.4 Å². The third kappa shape index (κ3) is 4.10. The predicted octanol–water partition coefficient (Wildman–Crippen LogP) is 1.65. The van der Waals surface area contributed by atoms with E-state index < -0.39 is 23.7 Å². The number of amides is 1. The number of carbonyl (C=O) groups excluding carboxylic acids is 1. The van der Waals surface area contributed by atoms with Crippen molar-refractivity contribution >= 4 is 11.9 Å². The fourth-order valence-corrected chi connectivity index (χ4v) is 1.80. The van der Waals surface area contributed by atoms with Crippen molar-refractivity contribution < 1.29 is 19.1 Å². The Hall–Kier alpha value is -2.76. The Morgan fingerprint density at radius 2 is 1.76 bits per heavy atom. The average Bonchev–Trinajstić information content (AvgIpc) is 2.49. The molecule has 0 saturated heterocycles. The van der Waals surface area contributed by atoms with Crippen molar-refractivity contribution in [2.45, 2.75) is 12.5 Å². The SMILES string of the molecule is O=C(N[C@@H](Cc1ccc(F)cc1)C(=O)O)c1ccncc1. The summed E-state index contributed by atoms with van der Waals surface area (Å²) in [6.07, 6.45) is 2.97. The van der Waals surface area contributed by atoms with E-state index in [0.29, 0.717) is 11.1 Å². The molecule has 0 radical (unpaired) electrons. The Morgan fingerprint density at radius 3 is 2.33 bits per heavy atom. The van der Waals surface area contributed by atoms with Crippen molar-refractivity contribution in [2.24, 2.45) is 0 Å². The van der Waals surface area contributed by atoms with Gasteiger partial charge in [-0.15, -0.1) is 0 Å². The fraction of sp³-hybridized carbons (Fsp3) is 0.133. The second-order valence-electron chi connectivity index (χ2n) is 4.43. The molecule has 108 valence electrons. The standard InChI is InChI=1S/C15H13FN2O3/c16-12-3-1-10(2-4-12)9-13(15(20)21)18-14(19)11-5-7-17-8-6-11/h1-8,13H,9H2,(H,18,19)(H,20,21)/t13-/m0/s1. The lowest BCUT2D eigenvalue weighted by molar-refractivity contribution is -0.139.